The lowest BCUT2D eigenvalue weighted by Crippen LogP contribution is -1.90. The Morgan fingerprint density at radius 2 is 1.60 bits per heavy atom. The highest BCUT2D eigenvalue weighted by Crippen LogP contribution is 1.66. The van der Waals surface area contributed by atoms with Gasteiger partial charge in [-0.05, 0) is 6.92 Å². The first kappa shape index (κ1) is 12.0. The average molecular weight is 169 g/mol. The largest absolute Gasteiger partial charge is 0.394 e. The molecular weight excluding hydrogens is 162 g/mol. The van der Waals surface area contributed by atoms with Crippen LogP contribution in [-0.4, -0.2) is 28.7 Å². The van der Waals surface area contributed by atoms with Crippen LogP contribution in [0.4, 0.5) is 0 Å². The van der Waals surface area contributed by atoms with Gasteiger partial charge in [0.2, 0.25) is 0 Å². The Hall–Kier alpha value is -0.680. The van der Waals surface area contributed by atoms with Crippen LogP contribution in [0.5, 0.6) is 0 Å². The molecular formula is C3H7NO5S. The van der Waals surface area contributed by atoms with E-state index in [9.17, 15) is 0 Å². The van der Waals surface area contributed by atoms with Gasteiger partial charge in [-0.2, -0.15) is 13.7 Å². The molecule has 1 atom stereocenters. The third-order valence-electron chi connectivity index (χ3n) is 0.187. The third kappa shape index (κ3) is 168. The summed E-state index contributed by atoms with van der Waals surface area (Å²) >= 11 is 0. The first-order valence-electron chi connectivity index (χ1n) is 2.05. The molecule has 0 saturated carbocycles. The van der Waals surface area contributed by atoms with Crippen LogP contribution in [0, 0.1) is 11.3 Å². The summed E-state index contributed by atoms with van der Waals surface area (Å²) in [5.41, 5.74) is 0. The van der Waals surface area contributed by atoms with Gasteiger partial charge in [-0.1, -0.05) is 0 Å². The molecule has 0 amide bonds. The molecule has 0 aromatic heterocycles. The summed E-state index contributed by atoms with van der Waals surface area (Å²) in [5, 5.41) is 15.6. The predicted octanol–water partition coefficient (Wildman–Crippen LogP) is -0.762. The van der Waals surface area contributed by atoms with Crippen molar-refractivity contribution in [2.45, 2.75) is 13.0 Å². The van der Waals surface area contributed by atoms with Gasteiger partial charge in [0, 0.05) is 0 Å². The molecule has 0 heterocycles. The summed E-state index contributed by atoms with van der Waals surface area (Å²) in [7, 11) is -4.67. The highest BCUT2D eigenvalue weighted by molar-refractivity contribution is 7.79. The van der Waals surface area contributed by atoms with E-state index in [1.54, 1.807) is 6.07 Å². The van der Waals surface area contributed by atoms with Gasteiger partial charge in [0.1, 0.15) is 6.10 Å². The van der Waals surface area contributed by atoms with Crippen LogP contribution >= 0.6 is 0 Å². The molecule has 0 saturated heterocycles. The van der Waals surface area contributed by atoms with Gasteiger partial charge in [0.05, 0.1) is 6.07 Å². The monoisotopic (exact) mass is 169 g/mol. The van der Waals surface area contributed by atoms with E-state index in [2.05, 4.69) is 0 Å². The summed E-state index contributed by atoms with van der Waals surface area (Å²) in [4.78, 5) is 0. The van der Waals surface area contributed by atoms with Crippen LogP contribution in [0.1, 0.15) is 6.92 Å². The molecule has 0 fully saturated rings. The summed E-state index contributed by atoms with van der Waals surface area (Å²) in [6.45, 7) is 1.42. The lowest BCUT2D eigenvalue weighted by molar-refractivity contribution is 0.251. The molecule has 10 heavy (non-hydrogen) atoms. The van der Waals surface area contributed by atoms with Crippen molar-refractivity contribution in [2.75, 3.05) is 0 Å². The second kappa shape index (κ2) is 5.13. The van der Waals surface area contributed by atoms with Crippen molar-refractivity contribution in [1.82, 2.24) is 0 Å². The van der Waals surface area contributed by atoms with Gasteiger partial charge < -0.3 is 5.11 Å². The molecule has 0 bridgehead atoms. The summed E-state index contributed by atoms with van der Waals surface area (Å²) in [6, 6.07) is 1.58. The van der Waals surface area contributed by atoms with Crippen molar-refractivity contribution in [2.24, 2.45) is 0 Å². The molecule has 0 aliphatic carbocycles. The SMILES string of the molecule is CC(O)C#N.O=S(=O)(O)O. The zero-order valence-corrected chi connectivity index (χ0v) is 5.91. The highest BCUT2D eigenvalue weighted by atomic mass is 32.3. The fourth-order valence-electron chi connectivity index (χ4n) is 0. The summed E-state index contributed by atoms with van der Waals surface area (Å²) in [6.07, 6.45) is -0.810. The number of aliphatic hydroxyl groups excluding tert-OH is 1. The molecule has 0 rings (SSSR count). The molecule has 1 unspecified atom stereocenters. The zero-order chi connectivity index (χ0) is 8.78. The van der Waals surface area contributed by atoms with E-state index in [-0.39, 0.29) is 0 Å². The Balaban J connectivity index is 0. The lowest BCUT2D eigenvalue weighted by Gasteiger charge is -1.76. The molecule has 0 aliphatic rings. The van der Waals surface area contributed by atoms with Crippen molar-refractivity contribution >= 4 is 10.4 Å². The van der Waals surface area contributed by atoms with Crippen molar-refractivity contribution in [3.8, 4) is 6.07 Å². The van der Waals surface area contributed by atoms with Gasteiger partial charge in [-0.15, -0.1) is 0 Å². The Kier molecular flexibility index (Phi) is 6.18. The van der Waals surface area contributed by atoms with Crippen molar-refractivity contribution in [3.63, 3.8) is 0 Å². The normalized spacial score (nSPS) is 12.3. The van der Waals surface area contributed by atoms with Gasteiger partial charge in [0.15, 0.2) is 0 Å². The molecule has 0 radical (unpaired) electrons. The molecule has 6 nitrogen and oxygen atoms in total. The number of hydrogen-bond acceptors (Lipinski definition) is 4. The van der Waals surface area contributed by atoms with E-state index in [1.807, 2.05) is 0 Å². The second-order valence-electron chi connectivity index (χ2n) is 1.25. The van der Waals surface area contributed by atoms with E-state index in [0.29, 0.717) is 0 Å². The van der Waals surface area contributed by atoms with Crippen molar-refractivity contribution < 1.29 is 22.6 Å². The molecule has 0 aliphatic heterocycles. The fourth-order valence-corrected chi connectivity index (χ4v) is 0. The maximum atomic E-state index is 8.74. The fraction of sp³-hybridized carbons (Fsp3) is 0.667. The minimum atomic E-state index is -4.67. The second-order valence-corrected chi connectivity index (χ2v) is 2.15. The molecule has 60 valence electrons. The Bertz CT molecular complexity index is 191. The van der Waals surface area contributed by atoms with Crippen LogP contribution < -0.4 is 0 Å². The van der Waals surface area contributed by atoms with Gasteiger partial charge in [0.25, 0.3) is 0 Å². The van der Waals surface area contributed by atoms with Crippen molar-refractivity contribution in [3.05, 3.63) is 0 Å². The van der Waals surface area contributed by atoms with Crippen LogP contribution in [0.15, 0.2) is 0 Å². The van der Waals surface area contributed by atoms with Crippen LogP contribution in [0.3, 0.4) is 0 Å². The minimum absolute atomic E-state index is 0.810. The van der Waals surface area contributed by atoms with Gasteiger partial charge >= 0.3 is 10.4 Å². The number of nitrogens with zero attached hydrogens (tertiary/aromatic N) is 1. The van der Waals surface area contributed by atoms with Crippen molar-refractivity contribution in [1.29, 1.82) is 5.26 Å². The molecule has 0 spiro atoms. The van der Waals surface area contributed by atoms with E-state index in [1.165, 1.54) is 6.92 Å². The standard InChI is InChI=1S/C3H5NO.H2O4S/c1-3(5)2-4;1-5(2,3)4/h3,5H,1H3;(H2,1,2,3,4). The van der Waals surface area contributed by atoms with Crippen LogP contribution in [-0.2, 0) is 10.4 Å². The van der Waals surface area contributed by atoms with E-state index >= 15 is 0 Å². The Labute approximate surface area is 58.3 Å². The number of hydrogen-bond donors (Lipinski definition) is 3. The first-order valence-corrected chi connectivity index (χ1v) is 3.44. The Morgan fingerprint density at radius 1 is 1.50 bits per heavy atom. The summed E-state index contributed by atoms with van der Waals surface area (Å²) in [5.74, 6) is 0. The smallest absolute Gasteiger partial charge is 0.378 e. The van der Waals surface area contributed by atoms with Crippen LogP contribution in [0.2, 0.25) is 0 Å². The first-order chi connectivity index (χ1) is 4.27. The zero-order valence-electron chi connectivity index (χ0n) is 5.09. The van der Waals surface area contributed by atoms with Crippen LogP contribution in [0.25, 0.3) is 0 Å². The molecule has 0 aromatic rings. The minimum Gasteiger partial charge on any atom is -0.378 e. The maximum Gasteiger partial charge on any atom is 0.394 e. The summed E-state index contributed by atoms with van der Waals surface area (Å²) < 4.78 is 31.6. The molecule has 3 N–H and O–H groups in total. The highest BCUT2D eigenvalue weighted by Gasteiger charge is 1.84. The third-order valence-corrected chi connectivity index (χ3v) is 0.187. The number of nitriles is 1. The van der Waals surface area contributed by atoms with Gasteiger partial charge in [-0.3, -0.25) is 9.11 Å². The molecule has 7 heteroatoms. The average Bonchev–Trinajstić information content (AvgIpc) is 1.61. The maximum absolute atomic E-state index is 8.74. The Morgan fingerprint density at radius 3 is 1.60 bits per heavy atom. The topological polar surface area (TPSA) is 119 Å². The van der Waals surface area contributed by atoms with E-state index in [4.69, 9.17) is 27.9 Å². The van der Waals surface area contributed by atoms with E-state index < -0.39 is 16.5 Å². The number of rotatable bonds is 0. The predicted molar refractivity (Wildman–Crippen MR) is 31.5 cm³/mol. The lowest BCUT2D eigenvalue weighted by atomic mass is 10.5. The quantitative estimate of drug-likeness (QED) is 0.324. The molecule has 0 aromatic carbocycles. The number of aliphatic hydroxyl groups is 1. The van der Waals surface area contributed by atoms with E-state index in [0.717, 1.165) is 0 Å². The van der Waals surface area contributed by atoms with Gasteiger partial charge in [-0.25, -0.2) is 0 Å².